The van der Waals surface area contributed by atoms with Gasteiger partial charge in [0.1, 0.15) is 0 Å². The van der Waals surface area contributed by atoms with Gasteiger partial charge in [0.2, 0.25) is 0 Å². The summed E-state index contributed by atoms with van der Waals surface area (Å²) in [6.45, 7) is 4.47. The lowest BCUT2D eigenvalue weighted by Crippen LogP contribution is -2.50. The number of hydrogen-bond acceptors (Lipinski definition) is 2. The number of nitrogens with two attached hydrogens (primary N) is 1. The summed E-state index contributed by atoms with van der Waals surface area (Å²) in [5.74, 6) is 3.00. The summed E-state index contributed by atoms with van der Waals surface area (Å²) in [5, 5.41) is 0. The maximum atomic E-state index is 6.82. The lowest BCUT2D eigenvalue weighted by molar-refractivity contribution is -0.0672. The lowest BCUT2D eigenvalue weighted by Gasteiger charge is -2.58. The molecule has 4 bridgehead atoms. The first-order chi connectivity index (χ1) is 9.06. The molecule has 1 heterocycles. The van der Waals surface area contributed by atoms with Crippen molar-refractivity contribution in [2.75, 3.05) is 0 Å². The van der Waals surface area contributed by atoms with E-state index in [2.05, 4.69) is 19.9 Å². The van der Waals surface area contributed by atoms with Crippen molar-refractivity contribution in [3.05, 3.63) is 21.4 Å². The van der Waals surface area contributed by atoms with Gasteiger partial charge >= 0.3 is 0 Å². The molecule has 4 aliphatic carbocycles. The fourth-order valence-corrected chi connectivity index (χ4v) is 6.98. The van der Waals surface area contributed by atoms with Crippen LogP contribution in [0.2, 0.25) is 0 Å². The molecule has 104 valence electrons. The highest BCUT2D eigenvalue weighted by atomic mass is 32.1. The molecule has 1 aromatic rings. The molecule has 0 aromatic carbocycles. The van der Waals surface area contributed by atoms with Crippen molar-refractivity contribution in [1.29, 1.82) is 0 Å². The average molecular weight is 275 g/mol. The monoisotopic (exact) mass is 275 g/mol. The van der Waals surface area contributed by atoms with Crippen LogP contribution in [0.15, 0.2) is 6.07 Å². The Balaban J connectivity index is 1.69. The Hall–Kier alpha value is -0.340. The van der Waals surface area contributed by atoms with Crippen molar-refractivity contribution >= 4 is 11.3 Å². The largest absolute Gasteiger partial charge is 0.323 e. The van der Waals surface area contributed by atoms with E-state index < -0.39 is 0 Å². The van der Waals surface area contributed by atoms with Gasteiger partial charge in [-0.2, -0.15) is 0 Å². The van der Waals surface area contributed by atoms with Crippen molar-refractivity contribution in [1.82, 2.24) is 0 Å². The first kappa shape index (κ1) is 12.4. The normalized spacial score (nSPS) is 41.7. The molecule has 4 aliphatic rings. The van der Waals surface area contributed by atoms with E-state index in [1.54, 1.807) is 0 Å². The van der Waals surface area contributed by atoms with Gasteiger partial charge in [-0.05, 0) is 87.2 Å². The molecule has 0 spiro atoms. The third-order valence-electron chi connectivity index (χ3n) is 6.11. The molecule has 0 amide bonds. The van der Waals surface area contributed by atoms with Crippen LogP contribution in [0.3, 0.4) is 0 Å². The molecule has 1 atom stereocenters. The minimum Gasteiger partial charge on any atom is -0.323 e. The van der Waals surface area contributed by atoms with Crippen molar-refractivity contribution in [2.45, 2.75) is 58.4 Å². The smallest absolute Gasteiger partial charge is 0.0450 e. The van der Waals surface area contributed by atoms with Gasteiger partial charge in [-0.3, -0.25) is 0 Å². The molecule has 1 aromatic heterocycles. The number of aryl methyl sites for hydroxylation is 2. The van der Waals surface area contributed by atoms with Crippen LogP contribution in [-0.2, 0) is 0 Å². The van der Waals surface area contributed by atoms with E-state index in [-0.39, 0.29) is 0 Å². The molecule has 4 fully saturated rings. The van der Waals surface area contributed by atoms with Crippen LogP contribution in [0.5, 0.6) is 0 Å². The Labute approximate surface area is 120 Å². The standard InChI is InChI=1S/C17H25NS/c1-10-3-11(2)19-15(10)16(18)17-7-12-4-13(8-17)6-14(5-12)9-17/h3,12-14,16H,4-9,18H2,1-2H3. The van der Waals surface area contributed by atoms with Crippen LogP contribution >= 0.6 is 11.3 Å². The molecular formula is C17H25NS. The lowest BCUT2D eigenvalue weighted by atomic mass is 9.47. The van der Waals surface area contributed by atoms with E-state index in [4.69, 9.17) is 5.73 Å². The number of rotatable bonds is 2. The van der Waals surface area contributed by atoms with E-state index in [0.29, 0.717) is 11.5 Å². The van der Waals surface area contributed by atoms with Crippen LogP contribution in [0, 0.1) is 37.0 Å². The zero-order valence-electron chi connectivity index (χ0n) is 12.1. The van der Waals surface area contributed by atoms with E-state index in [1.807, 2.05) is 11.3 Å². The van der Waals surface area contributed by atoms with Crippen molar-refractivity contribution in [2.24, 2.45) is 28.9 Å². The highest BCUT2D eigenvalue weighted by Gasteiger charge is 2.54. The predicted molar refractivity (Wildman–Crippen MR) is 81.3 cm³/mol. The zero-order valence-corrected chi connectivity index (χ0v) is 12.9. The Bertz CT molecular complexity index is 466. The van der Waals surface area contributed by atoms with Gasteiger partial charge in [0.05, 0.1) is 0 Å². The second-order valence-corrected chi connectivity index (χ2v) is 8.95. The topological polar surface area (TPSA) is 26.0 Å². The maximum absolute atomic E-state index is 6.82. The van der Waals surface area contributed by atoms with Gasteiger partial charge < -0.3 is 5.73 Å². The molecule has 2 heteroatoms. The maximum Gasteiger partial charge on any atom is 0.0450 e. The van der Waals surface area contributed by atoms with Crippen LogP contribution in [-0.4, -0.2) is 0 Å². The third kappa shape index (κ3) is 1.83. The second-order valence-electron chi connectivity index (χ2n) is 7.66. The first-order valence-corrected chi connectivity index (χ1v) is 8.70. The minimum absolute atomic E-state index is 0.305. The van der Waals surface area contributed by atoms with Gasteiger partial charge in [0.15, 0.2) is 0 Å². The zero-order chi connectivity index (χ0) is 13.2. The summed E-state index contributed by atoms with van der Waals surface area (Å²) < 4.78 is 0. The number of thiophene rings is 1. The van der Waals surface area contributed by atoms with Gasteiger partial charge in [0.25, 0.3) is 0 Å². The van der Waals surface area contributed by atoms with E-state index in [9.17, 15) is 0 Å². The third-order valence-corrected chi connectivity index (χ3v) is 7.34. The quantitative estimate of drug-likeness (QED) is 0.840. The Kier molecular flexibility index (Phi) is 2.66. The molecular weight excluding hydrogens is 250 g/mol. The molecule has 2 N–H and O–H groups in total. The van der Waals surface area contributed by atoms with Gasteiger partial charge in [-0.25, -0.2) is 0 Å². The summed E-state index contributed by atoms with van der Waals surface area (Å²) >= 11 is 1.95. The average Bonchev–Trinajstić information content (AvgIpc) is 2.65. The first-order valence-electron chi connectivity index (χ1n) is 7.88. The Morgan fingerprint density at radius 2 is 1.63 bits per heavy atom. The molecule has 4 saturated carbocycles. The summed E-state index contributed by atoms with van der Waals surface area (Å²) in [6, 6.07) is 2.62. The highest BCUT2D eigenvalue weighted by molar-refractivity contribution is 7.12. The van der Waals surface area contributed by atoms with Crippen LogP contribution in [0.25, 0.3) is 0 Å². The molecule has 0 saturated heterocycles. The van der Waals surface area contributed by atoms with E-state index in [1.165, 1.54) is 53.8 Å². The fourth-order valence-electron chi connectivity index (χ4n) is 5.80. The molecule has 5 rings (SSSR count). The highest BCUT2D eigenvalue weighted by Crippen LogP contribution is 2.64. The molecule has 0 aliphatic heterocycles. The Morgan fingerprint density at radius 1 is 1.11 bits per heavy atom. The Morgan fingerprint density at radius 3 is 2.05 bits per heavy atom. The molecule has 19 heavy (non-hydrogen) atoms. The minimum atomic E-state index is 0.305. The van der Waals surface area contributed by atoms with Crippen LogP contribution in [0.1, 0.15) is 59.9 Å². The number of hydrogen-bond donors (Lipinski definition) is 1. The van der Waals surface area contributed by atoms with Gasteiger partial charge in [-0.15, -0.1) is 11.3 Å². The summed E-state index contributed by atoms with van der Waals surface area (Å²) in [4.78, 5) is 2.91. The van der Waals surface area contributed by atoms with Gasteiger partial charge in [-0.1, -0.05) is 0 Å². The fraction of sp³-hybridized carbons (Fsp3) is 0.765. The van der Waals surface area contributed by atoms with Crippen molar-refractivity contribution in [3.63, 3.8) is 0 Å². The van der Waals surface area contributed by atoms with Gasteiger partial charge in [0, 0.05) is 15.8 Å². The summed E-state index contributed by atoms with van der Waals surface area (Å²) in [7, 11) is 0. The van der Waals surface area contributed by atoms with E-state index in [0.717, 1.165) is 17.8 Å². The summed E-state index contributed by atoms with van der Waals surface area (Å²) in [5.41, 5.74) is 8.71. The second kappa shape index (κ2) is 4.08. The van der Waals surface area contributed by atoms with E-state index >= 15 is 0 Å². The van der Waals surface area contributed by atoms with Crippen molar-refractivity contribution in [3.8, 4) is 0 Å². The molecule has 1 unspecified atom stereocenters. The molecule has 0 radical (unpaired) electrons. The van der Waals surface area contributed by atoms with Crippen molar-refractivity contribution < 1.29 is 0 Å². The van der Waals surface area contributed by atoms with Crippen LogP contribution in [0.4, 0.5) is 0 Å². The molecule has 1 nitrogen and oxygen atoms in total. The van der Waals surface area contributed by atoms with Crippen LogP contribution < -0.4 is 5.73 Å². The SMILES string of the molecule is Cc1cc(C)c(C(N)C23CC4CC(CC(C4)C2)C3)s1. The predicted octanol–water partition coefficient (Wildman–Crippen LogP) is 4.58. The summed E-state index contributed by atoms with van der Waals surface area (Å²) in [6.07, 6.45) is 8.76.